The van der Waals surface area contributed by atoms with E-state index < -0.39 is 15.1 Å². The third-order valence-electron chi connectivity index (χ3n) is 5.00. The van der Waals surface area contributed by atoms with Gasteiger partial charge in [-0.1, -0.05) is 54.6 Å². The average Bonchev–Trinajstić information content (AvgIpc) is 3.13. The number of amides is 1. The van der Waals surface area contributed by atoms with E-state index in [-0.39, 0.29) is 16.6 Å². The number of aromatic nitrogens is 3. The predicted molar refractivity (Wildman–Crippen MR) is 132 cm³/mol. The molecule has 0 aliphatic carbocycles. The van der Waals surface area contributed by atoms with E-state index in [2.05, 4.69) is 22.1 Å². The van der Waals surface area contributed by atoms with Gasteiger partial charge in [-0.15, -0.1) is 16.8 Å². The molecule has 2 aromatic carbocycles. The van der Waals surface area contributed by atoms with E-state index in [1.807, 2.05) is 45.0 Å². The highest BCUT2D eigenvalue weighted by Crippen LogP contribution is 2.27. The fraction of sp³-hybridized carbons (Fsp3) is 0.292. The molecule has 0 saturated heterocycles. The van der Waals surface area contributed by atoms with Gasteiger partial charge in [0.2, 0.25) is 5.91 Å². The van der Waals surface area contributed by atoms with E-state index in [9.17, 15) is 13.2 Å². The normalized spacial score (nSPS) is 12.3. The molecule has 0 saturated carbocycles. The van der Waals surface area contributed by atoms with E-state index in [4.69, 9.17) is 0 Å². The van der Waals surface area contributed by atoms with Crippen LogP contribution < -0.4 is 5.32 Å². The summed E-state index contributed by atoms with van der Waals surface area (Å²) >= 11 is 1.27. The third kappa shape index (κ3) is 6.33. The Morgan fingerprint density at radius 2 is 1.88 bits per heavy atom. The molecular formula is C24H28N4O3S2. The van der Waals surface area contributed by atoms with E-state index >= 15 is 0 Å². The molecule has 33 heavy (non-hydrogen) atoms. The number of allylic oxidation sites excluding steroid dienone is 1. The highest BCUT2D eigenvalue weighted by Gasteiger charge is 2.25. The Labute approximate surface area is 199 Å². The maximum absolute atomic E-state index is 12.9. The number of rotatable bonds is 10. The van der Waals surface area contributed by atoms with Gasteiger partial charge in [-0.3, -0.25) is 4.79 Å². The van der Waals surface area contributed by atoms with Gasteiger partial charge in [0.15, 0.2) is 15.0 Å². The summed E-state index contributed by atoms with van der Waals surface area (Å²) in [6.07, 6.45) is 2.23. The number of aryl methyl sites for hydroxylation is 2. The number of sulfone groups is 1. The van der Waals surface area contributed by atoms with Gasteiger partial charge >= 0.3 is 0 Å². The van der Waals surface area contributed by atoms with Crippen LogP contribution in [-0.4, -0.2) is 34.3 Å². The Hall–Kier alpha value is -2.91. The summed E-state index contributed by atoms with van der Waals surface area (Å²) in [5, 5.41) is 11.3. The maximum Gasteiger partial charge on any atom is 0.237 e. The van der Waals surface area contributed by atoms with Crippen molar-refractivity contribution in [3.63, 3.8) is 0 Å². The molecule has 0 aliphatic rings. The Morgan fingerprint density at radius 1 is 1.15 bits per heavy atom. The van der Waals surface area contributed by atoms with Gasteiger partial charge in [-0.25, -0.2) is 8.42 Å². The number of carbonyl (C=O) groups is 1. The monoisotopic (exact) mass is 484 g/mol. The second kappa shape index (κ2) is 10.8. The van der Waals surface area contributed by atoms with Crippen molar-refractivity contribution < 1.29 is 13.2 Å². The number of thioether (sulfide) groups is 1. The molecule has 0 fully saturated rings. The average molecular weight is 485 g/mol. The zero-order chi connectivity index (χ0) is 24.0. The summed E-state index contributed by atoms with van der Waals surface area (Å²) in [5.74, 6) is -0.119. The fourth-order valence-electron chi connectivity index (χ4n) is 3.22. The minimum Gasteiger partial charge on any atom is -0.325 e. The molecule has 0 radical (unpaired) electrons. The molecule has 1 aromatic heterocycles. The van der Waals surface area contributed by atoms with Gasteiger partial charge in [0.1, 0.15) is 11.6 Å². The van der Waals surface area contributed by atoms with E-state index in [1.54, 1.807) is 34.9 Å². The van der Waals surface area contributed by atoms with Gasteiger partial charge in [0, 0.05) is 12.2 Å². The SMILES string of the molecule is C=CCn1c(CS(=O)(=O)c2ccc(C)cc2)nnc1SC(CC)C(=O)Nc1cccc(C)c1. The van der Waals surface area contributed by atoms with E-state index in [1.165, 1.54) is 11.8 Å². The van der Waals surface area contributed by atoms with Gasteiger partial charge in [0.25, 0.3) is 0 Å². The molecule has 3 aromatic rings. The molecule has 0 bridgehead atoms. The third-order valence-corrected chi connectivity index (χ3v) is 7.97. The van der Waals surface area contributed by atoms with Crippen LogP contribution in [-0.2, 0) is 26.9 Å². The second-order valence-electron chi connectivity index (χ2n) is 7.74. The van der Waals surface area contributed by atoms with Crippen molar-refractivity contribution in [2.75, 3.05) is 5.32 Å². The van der Waals surface area contributed by atoms with Crippen LogP contribution in [0.2, 0.25) is 0 Å². The van der Waals surface area contributed by atoms with Gasteiger partial charge in [-0.2, -0.15) is 0 Å². The lowest BCUT2D eigenvalue weighted by Crippen LogP contribution is -2.25. The molecule has 1 unspecified atom stereocenters. The van der Waals surface area contributed by atoms with Crippen molar-refractivity contribution in [1.82, 2.24) is 14.8 Å². The Kier molecular flexibility index (Phi) is 8.10. The first-order valence-electron chi connectivity index (χ1n) is 10.6. The van der Waals surface area contributed by atoms with Crippen molar-refractivity contribution in [1.29, 1.82) is 0 Å². The Balaban J connectivity index is 1.81. The molecule has 1 N–H and O–H groups in total. The first kappa shape index (κ1) is 24.7. The van der Waals surface area contributed by atoms with Crippen LogP contribution in [0.15, 0.2) is 71.2 Å². The van der Waals surface area contributed by atoms with E-state index in [0.717, 1.165) is 16.8 Å². The Bertz CT molecular complexity index is 1230. The minimum atomic E-state index is -3.60. The maximum atomic E-state index is 12.9. The molecule has 0 aliphatic heterocycles. The van der Waals surface area contributed by atoms with Crippen LogP contribution in [0.5, 0.6) is 0 Å². The van der Waals surface area contributed by atoms with Crippen LogP contribution in [0.3, 0.4) is 0 Å². The molecule has 1 heterocycles. The zero-order valence-corrected chi connectivity index (χ0v) is 20.6. The molecule has 1 atom stereocenters. The molecule has 7 nitrogen and oxygen atoms in total. The summed E-state index contributed by atoms with van der Waals surface area (Å²) in [6.45, 7) is 9.89. The highest BCUT2D eigenvalue weighted by molar-refractivity contribution is 8.00. The van der Waals surface area contributed by atoms with Crippen LogP contribution in [0.25, 0.3) is 0 Å². The number of nitrogens with zero attached hydrogens (tertiary/aromatic N) is 3. The summed E-state index contributed by atoms with van der Waals surface area (Å²) in [6, 6.07) is 14.3. The lowest BCUT2D eigenvalue weighted by Gasteiger charge is -2.15. The van der Waals surface area contributed by atoms with Crippen LogP contribution in [0.1, 0.15) is 30.3 Å². The number of hydrogen-bond acceptors (Lipinski definition) is 6. The van der Waals surface area contributed by atoms with Crippen LogP contribution >= 0.6 is 11.8 Å². The smallest absolute Gasteiger partial charge is 0.237 e. The first-order chi connectivity index (χ1) is 15.7. The van der Waals surface area contributed by atoms with Crippen LogP contribution in [0, 0.1) is 13.8 Å². The predicted octanol–water partition coefficient (Wildman–Crippen LogP) is 4.56. The lowest BCUT2D eigenvalue weighted by molar-refractivity contribution is -0.115. The standard InChI is InChI=1S/C24H28N4O3S2/c1-5-14-28-22(16-33(30,31)20-12-10-17(3)11-13-20)26-27-24(28)32-21(6-2)23(29)25-19-9-7-8-18(4)15-19/h5,7-13,15,21H,1,6,14,16H2,2-4H3,(H,25,29). The van der Waals surface area contributed by atoms with Crippen molar-refractivity contribution in [2.45, 2.75) is 54.8 Å². The van der Waals surface area contributed by atoms with E-state index in [0.29, 0.717) is 23.9 Å². The molecule has 0 spiro atoms. The van der Waals surface area contributed by atoms with Gasteiger partial charge in [-0.05, 0) is 50.1 Å². The number of benzene rings is 2. The summed E-state index contributed by atoms with van der Waals surface area (Å²) in [7, 11) is -3.60. The number of carbonyl (C=O) groups excluding carboxylic acids is 1. The number of hydrogen-bond donors (Lipinski definition) is 1. The quantitative estimate of drug-likeness (QED) is 0.335. The molecule has 3 rings (SSSR count). The van der Waals surface area contributed by atoms with Crippen LogP contribution in [0.4, 0.5) is 5.69 Å². The molecular weight excluding hydrogens is 456 g/mol. The largest absolute Gasteiger partial charge is 0.325 e. The zero-order valence-electron chi connectivity index (χ0n) is 19.0. The number of anilines is 1. The first-order valence-corrected chi connectivity index (χ1v) is 13.1. The molecule has 1 amide bonds. The summed E-state index contributed by atoms with van der Waals surface area (Å²) in [4.78, 5) is 13.1. The highest BCUT2D eigenvalue weighted by atomic mass is 32.2. The summed E-state index contributed by atoms with van der Waals surface area (Å²) in [5.41, 5.74) is 2.77. The number of nitrogens with one attached hydrogen (secondary N) is 1. The lowest BCUT2D eigenvalue weighted by atomic mass is 10.2. The van der Waals surface area contributed by atoms with Gasteiger partial charge in [0.05, 0.1) is 10.1 Å². The van der Waals surface area contributed by atoms with Crippen molar-refractivity contribution in [3.8, 4) is 0 Å². The fourth-order valence-corrected chi connectivity index (χ4v) is 5.47. The van der Waals surface area contributed by atoms with Crippen molar-refractivity contribution in [2.24, 2.45) is 0 Å². The second-order valence-corrected chi connectivity index (χ2v) is 10.9. The molecule has 9 heteroatoms. The topological polar surface area (TPSA) is 93.9 Å². The Morgan fingerprint density at radius 3 is 2.52 bits per heavy atom. The van der Waals surface area contributed by atoms with Crippen molar-refractivity contribution >= 4 is 33.2 Å². The van der Waals surface area contributed by atoms with Gasteiger partial charge < -0.3 is 9.88 Å². The molecule has 174 valence electrons. The summed E-state index contributed by atoms with van der Waals surface area (Å²) < 4.78 is 27.5. The minimum absolute atomic E-state index is 0.143. The van der Waals surface area contributed by atoms with Crippen molar-refractivity contribution in [3.05, 3.63) is 78.1 Å².